The minimum absolute atomic E-state index is 0.00322. The van der Waals surface area contributed by atoms with Crippen molar-refractivity contribution in [2.75, 3.05) is 12.4 Å². The number of thioether (sulfide) groups is 1. The number of ketones is 1. The van der Waals surface area contributed by atoms with Crippen LogP contribution >= 0.6 is 23.1 Å². The van der Waals surface area contributed by atoms with E-state index < -0.39 is 5.97 Å². The predicted molar refractivity (Wildman–Crippen MR) is 81.9 cm³/mol. The third-order valence-corrected chi connectivity index (χ3v) is 5.55. The molecule has 1 saturated carbocycles. The van der Waals surface area contributed by atoms with Crippen LogP contribution in [0.15, 0.2) is 21.9 Å². The zero-order valence-corrected chi connectivity index (χ0v) is 13.0. The summed E-state index contributed by atoms with van der Waals surface area (Å²) in [6.45, 7) is 0.00322. The molecule has 0 radical (unpaired) electrons. The molecule has 0 spiro atoms. The topological polar surface area (TPSA) is 87.5 Å². The largest absolute Gasteiger partial charge is 0.476 e. The van der Waals surface area contributed by atoms with Crippen LogP contribution in [0.2, 0.25) is 0 Å². The highest BCUT2D eigenvalue weighted by molar-refractivity contribution is 8.01. The SMILES string of the molecule is O=C(O)c1csc(SCC[C@H]2C(=O)CC[C@@H]2/C=C/CO)n1. The highest BCUT2D eigenvalue weighted by atomic mass is 32.2. The average molecular weight is 327 g/mol. The zero-order chi connectivity index (χ0) is 15.2. The summed E-state index contributed by atoms with van der Waals surface area (Å²) in [4.78, 5) is 26.6. The van der Waals surface area contributed by atoms with E-state index in [1.807, 2.05) is 6.08 Å². The van der Waals surface area contributed by atoms with E-state index in [9.17, 15) is 9.59 Å². The van der Waals surface area contributed by atoms with E-state index in [-0.39, 0.29) is 29.9 Å². The van der Waals surface area contributed by atoms with Gasteiger partial charge in [0.15, 0.2) is 10.0 Å². The molecule has 0 aromatic carbocycles. The number of carboxylic acid groups (broad SMARTS) is 1. The molecule has 1 aliphatic rings. The van der Waals surface area contributed by atoms with Gasteiger partial charge < -0.3 is 10.2 Å². The first-order valence-corrected chi connectivity index (χ1v) is 8.60. The fourth-order valence-corrected chi connectivity index (χ4v) is 4.36. The van der Waals surface area contributed by atoms with Crippen molar-refractivity contribution < 1.29 is 19.8 Å². The summed E-state index contributed by atoms with van der Waals surface area (Å²) in [7, 11) is 0. The molecule has 1 heterocycles. The molecule has 0 saturated heterocycles. The number of hydrogen-bond acceptors (Lipinski definition) is 6. The third kappa shape index (κ3) is 4.39. The van der Waals surface area contributed by atoms with Crippen molar-refractivity contribution >= 4 is 34.9 Å². The first-order chi connectivity index (χ1) is 10.1. The van der Waals surface area contributed by atoms with Gasteiger partial charge in [-0.3, -0.25) is 4.79 Å². The standard InChI is InChI=1S/C14H17NO4S2/c16-6-1-2-9-3-4-12(17)10(9)5-7-20-14-15-11(8-21-14)13(18)19/h1-2,8-10,16H,3-7H2,(H,18,19)/b2-1+/t9-,10+/m0/s1. The Hall–Kier alpha value is -1.18. The Morgan fingerprint density at radius 2 is 2.38 bits per heavy atom. The van der Waals surface area contributed by atoms with Gasteiger partial charge in [0, 0.05) is 23.5 Å². The van der Waals surface area contributed by atoms with E-state index in [0.717, 1.165) is 22.9 Å². The molecular formula is C14H17NO4S2. The summed E-state index contributed by atoms with van der Waals surface area (Å²) in [5, 5.41) is 19.2. The maximum Gasteiger partial charge on any atom is 0.355 e. The van der Waals surface area contributed by atoms with Crippen molar-refractivity contribution in [2.45, 2.75) is 23.6 Å². The number of allylic oxidation sites excluding steroid dienone is 1. The smallest absolute Gasteiger partial charge is 0.355 e. The molecule has 2 N–H and O–H groups in total. The Morgan fingerprint density at radius 3 is 3.05 bits per heavy atom. The van der Waals surface area contributed by atoms with Crippen molar-refractivity contribution in [1.82, 2.24) is 4.98 Å². The van der Waals surface area contributed by atoms with Gasteiger partial charge in [0.25, 0.3) is 0 Å². The number of carbonyl (C=O) groups is 2. The van der Waals surface area contributed by atoms with E-state index in [1.165, 1.54) is 28.5 Å². The van der Waals surface area contributed by atoms with Crippen molar-refractivity contribution in [1.29, 1.82) is 0 Å². The van der Waals surface area contributed by atoms with Crippen LogP contribution in [0.1, 0.15) is 29.8 Å². The van der Waals surface area contributed by atoms with Crippen LogP contribution < -0.4 is 0 Å². The Kier molecular flexibility index (Phi) is 5.96. The minimum Gasteiger partial charge on any atom is -0.476 e. The van der Waals surface area contributed by atoms with E-state index in [2.05, 4.69) is 4.98 Å². The number of rotatable bonds is 7. The molecule has 2 atom stereocenters. The molecule has 1 fully saturated rings. The molecule has 2 rings (SSSR count). The Bertz CT molecular complexity index is 541. The van der Waals surface area contributed by atoms with Crippen LogP contribution in [0, 0.1) is 11.8 Å². The van der Waals surface area contributed by atoms with Gasteiger partial charge in [-0.1, -0.05) is 23.9 Å². The number of aliphatic hydroxyl groups excluding tert-OH is 1. The quantitative estimate of drug-likeness (QED) is 0.591. The maximum absolute atomic E-state index is 11.9. The summed E-state index contributed by atoms with van der Waals surface area (Å²) < 4.78 is 0.722. The molecule has 0 bridgehead atoms. The van der Waals surface area contributed by atoms with E-state index in [1.54, 1.807) is 6.08 Å². The lowest BCUT2D eigenvalue weighted by Gasteiger charge is -2.14. The number of Topliss-reactive ketones (excluding diaryl/α,β-unsaturated/α-hetero) is 1. The Morgan fingerprint density at radius 1 is 1.57 bits per heavy atom. The summed E-state index contributed by atoms with van der Waals surface area (Å²) in [5.41, 5.74) is 0.0724. The molecule has 7 heteroatoms. The summed E-state index contributed by atoms with van der Waals surface area (Å²) in [6.07, 6.45) is 5.85. The van der Waals surface area contributed by atoms with Crippen molar-refractivity contribution in [2.24, 2.45) is 11.8 Å². The number of nitrogens with zero attached hydrogens (tertiary/aromatic N) is 1. The molecule has 0 unspecified atom stereocenters. The molecule has 1 aromatic rings. The molecule has 0 aliphatic heterocycles. The zero-order valence-electron chi connectivity index (χ0n) is 11.4. The minimum atomic E-state index is -1.02. The average Bonchev–Trinajstić information content (AvgIpc) is 3.05. The molecule has 1 aromatic heterocycles. The summed E-state index contributed by atoms with van der Waals surface area (Å²) in [6, 6.07) is 0. The maximum atomic E-state index is 11.9. The van der Waals surface area contributed by atoms with Crippen LogP contribution in [-0.4, -0.2) is 39.3 Å². The van der Waals surface area contributed by atoms with Crippen LogP contribution in [-0.2, 0) is 4.79 Å². The normalized spacial score (nSPS) is 22.2. The first-order valence-electron chi connectivity index (χ1n) is 6.73. The van der Waals surface area contributed by atoms with Gasteiger partial charge in [-0.25, -0.2) is 9.78 Å². The van der Waals surface area contributed by atoms with Crippen LogP contribution in [0.4, 0.5) is 0 Å². The second-order valence-corrected chi connectivity index (χ2v) is 7.03. The van der Waals surface area contributed by atoms with E-state index in [4.69, 9.17) is 10.2 Å². The lowest BCUT2D eigenvalue weighted by molar-refractivity contribution is -0.121. The highest BCUT2D eigenvalue weighted by Crippen LogP contribution is 2.34. The van der Waals surface area contributed by atoms with Crippen LogP contribution in [0.3, 0.4) is 0 Å². The van der Waals surface area contributed by atoms with Crippen molar-refractivity contribution in [3.05, 3.63) is 23.2 Å². The second kappa shape index (κ2) is 7.72. The number of carboxylic acids is 1. The van der Waals surface area contributed by atoms with Gasteiger partial charge in [0.1, 0.15) is 5.78 Å². The number of aromatic carboxylic acids is 1. The van der Waals surface area contributed by atoms with Gasteiger partial charge in [0.05, 0.1) is 6.61 Å². The first kappa shape index (κ1) is 16.2. The van der Waals surface area contributed by atoms with Gasteiger partial charge >= 0.3 is 5.97 Å². The van der Waals surface area contributed by atoms with Gasteiger partial charge in [-0.15, -0.1) is 11.3 Å². The fourth-order valence-electron chi connectivity index (χ4n) is 2.47. The van der Waals surface area contributed by atoms with Gasteiger partial charge in [0.2, 0.25) is 0 Å². The van der Waals surface area contributed by atoms with Gasteiger partial charge in [-0.2, -0.15) is 0 Å². The lowest BCUT2D eigenvalue weighted by atomic mass is 9.93. The molecular weight excluding hydrogens is 310 g/mol. The fraction of sp³-hybridized carbons (Fsp3) is 0.500. The molecule has 1 aliphatic carbocycles. The number of hydrogen-bond donors (Lipinski definition) is 2. The number of thiazole rings is 1. The van der Waals surface area contributed by atoms with Crippen LogP contribution in [0.25, 0.3) is 0 Å². The molecule has 5 nitrogen and oxygen atoms in total. The Balaban J connectivity index is 1.84. The van der Waals surface area contributed by atoms with E-state index >= 15 is 0 Å². The second-order valence-electron chi connectivity index (χ2n) is 4.83. The summed E-state index contributed by atoms with van der Waals surface area (Å²) >= 11 is 2.81. The third-order valence-electron chi connectivity index (χ3n) is 3.50. The molecule has 0 amide bonds. The van der Waals surface area contributed by atoms with Gasteiger partial charge in [-0.05, 0) is 18.8 Å². The van der Waals surface area contributed by atoms with Crippen molar-refractivity contribution in [3.8, 4) is 0 Å². The van der Waals surface area contributed by atoms with Crippen LogP contribution in [0.5, 0.6) is 0 Å². The van der Waals surface area contributed by atoms with E-state index in [0.29, 0.717) is 6.42 Å². The molecule has 21 heavy (non-hydrogen) atoms. The Labute approximate surface area is 131 Å². The summed E-state index contributed by atoms with van der Waals surface area (Å²) in [5.74, 6) is 0.245. The number of carbonyl (C=O) groups excluding carboxylic acids is 1. The van der Waals surface area contributed by atoms with Crippen molar-refractivity contribution in [3.63, 3.8) is 0 Å². The number of aliphatic hydroxyl groups is 1. The highest BCUT2D eigenvalue weighted by Gasteiger charge is 2.32. The predicted octanol–water partition coefficient (Wildman–Crippen LogP) is 2.47. The molecule has 114 valence electrons. The monoisotopic (exact) mass is 327 g/mol. The lowest BCUT2D eigenvalue weighted by Crippen LogP contribution is -2.14. The number of aromatic nitrogens is 1.